The molecule has 12 heavy (non-hydrogen) atoms. The van der Waals surface area contributed by atoms with Crippen molar-refractivity contribution in [3.8, 4) is 0 Å². The van der Waals surface area contributed by atoms with Gasteiger partial charge in [-0.25, -0.2) is 4.39 Å². The van der Waals surface area contributed by atoms with Gasteiger partial charge in [-0.15, -0.1) is 0 Å². The summed E-state index contributed by atoms with van der Waals surface area (Å²) < 4.78 is 14.0. The molecule has 2 heteroatoms. The van der Waals surface area contributed by atoms with E-state index in [-0.39, 0.29) is 5.82 Å². The van der Waals surface area contributed by atoms with Crippen LogP contribution in [0.15, 0.2) is 16.6 Å². The summed E-state index contributed by atoms with van der Waals surface area (Å²) in [6.07, 6.45) is 4.27. The molecule has 0 saturated heterocycles. The Labute approximate surface area is 79.9 Å². The van der Waals surface area contributed by atoms with Crippen molar-refractivity contribution in [2.24, 2.45) is 0 Å². The van der Waals surface area contributed by atoms with E-state index in [1.54, 1.807) is 6.07 Å². The van der Waals surface area contributed by atoms with Crippen LogP contribution in [0.4, 0.5) is 4.39 Å². The van der Waals surface area contributed by atoms with Crippen molar-refractivity contribution in [1.29, 1.82) is 0 Å². The quantitative estimate of drug-likeness (QED) is 0.639. The zero-order valence-electron chi connectivity index (χ0n) is 6.74. The summed E-state index contributed by atoms with van der Waals surface area (Å²) in [6.45, 7) is 0. The molecule has 0 aromatic heterocycles. The van der Waals surface area contributed by atoms with E-state index in [0.29, 0.717) is 4.47 Å². The summed E-state index contributed by atoms with van der Waals surface area (Å²) in [5.41, 5.74) is 2.12. The first-order valence-corrected chi connectivity index (χ1v) is 5.04. The molecule has 0 nitrogen and oxygen atoms in total. The van der Waals surface area contributed by atoms with Gasteiger partial charge in [-0.3, -0.25) is 0 Å². The average Bonchev–Trinajstić information content (AvgIpc) is 2.12. The largest absolute Gasteiger partial charge is 0.205 e. The Balaban J connectivity index is 2.54. The fourth-order valence-electron chi connectivity index (χ4n) is 1.75. The number of rotatable bonds is 0. The van der Waals surface area contributed by atoms with E-state index in [1.165, 1.54) is 12.0 Å². The van der Waals surface area contributed by atoms with E-state index >= 15 is 0 Å². The molecule has 0 bridgehead atoms. The monoisotopic (exact) mass is 228 g/mol. The van der Waals surface area contributed by atoms with Gasteiger partial charge in [-0.2, -0.15) is 0 Å². The highest BCUT2D eigenvalue weighted by molar-refractivity contribution is 9.10. The summed E-state index contributed by atoms with van der Waals surface area (Å²) >= 11 is 3.20. The lowest BCUT2D eigenvalue weighted by Gasteiger charge is -2.16. The lowest BCUT2D eigenvalue weighted by molar-refractivity contribution is 0.573. The van der Waals surface area contributed by atoms with E-state index < -0.39 is 0 Å². The molecule has 0 saturated carbocycles. The Bertz CT molecular complexity index is 307. The van der Waals surface area contributed by atoms with Crippen LogP contribution >= 0.6 is 15.9 Å². The predicted molar refractivity (Wildman–Crippen MR) is 50.7 cm³/mol. The number of aryl methyl sites for hydroxylation is 1. The van der Waals surface area contributed by atoms with Crippen LogP contribution in [0.25, 0.3) is 0 Å². The Morgan fingerprint density at radius 1 is 1.17 bits per heavy atom. The van der Waals surface area contributed by atoms with Crippen molar-refractivity contribution in [2.75, 3.05) is 0 Å². The molecule has 0 N–H and O–H groups in total. The third-order valence-corrected chi connectivity index (χ3v) is 3.03. The van der Waals surface area contributed by atoms with Crippen molar-refractivity contribution in [3.63, 3.8) is 0 Å². The lowest BCUT2D eigenvalue weighted by atomic mass is 9.91. The molecule has 0 spiro atoms. The number of hydrogen-bond acceptors (Lipinski definition) is 0. The molecule has 1 aliphatic rings. The van der Waals surface area contributed by atoms with Crippen molar-refractivity contribution in [2.45, 2.75) is 25.7 Å². The summed E-state index contributed by atoms with van der Waals surface area (Å²) in [7, 11) is 0. The molecule has 0 amide bonds. The zero-order valence-corrected chi connectivity index (χ0v) is 8.33. The zero-order chi connectivity index (χ0) is 8.55. The normalized spacial score (nSPS) is 15.8. The van der Waals surface area contributed by atoms with Gasteiger partial charge in [0.15, 0.2) is 0 Å². The first kappa shape index (κ1) is 8.24. The molecule has 0 fully saturated rings. The highest BCUT2D eigenvalue weighted by atomic mass is 79.9. The van der Waals surface area contributed by atoms with Gasteiger partial charge in [-0.05, 0) is 58.8 Å². The second kappa shape index (κ2) is 3.17. The number of hydrogen-bond donors (Lipinski definition) is 0. The molecule has 64 valence electrons. The van der Waals surface area contributed by atoms with Crippen LogP contribution in [-0.2, 0) is 12.8 Å². The molecular weight excluding hydrogens is 219 g/mol. The van der Waals surface area contributed by atoms with E-state index in [2.05, 4.69) is 15.9 Å². The SMILES string of the molecule is Fc1c(Br)ccc2c1CCCC2. The Morgan fingerprint density at radius 3 is 2.75 bits per heavy atom. The molecule has 0 unspecified atom stereocenters. The predicted octanol–water partition coefficient (Wildman–Crippen LogP) is 3.47. The second-order valence-corrected chi connectivity index (χ2v) is 4.06. The number of benzene rings is 1. The van der Waals surface area contributed by atoms with Gasteiger partial charge in [-0.1, -0.05) is 6.07 Å². The Morgan fingerprint density at radius 2 is 1.92 bits per heavy atom. The van der Waals surface area contributed by atoms with Crippen LogP contribution in [0.5, 0.6) is 0 Å². The van der Waals surface area contributed by atoms with Gasteiger partial charge in [0.2, 0.25) is 0 Å². The van der Waals surface area contributed by atoms with E-state index in [0.717, 1.165) is 24.8 Å². The minimum Gasteiger partial charge on any atom is -0.205 e. The Kier molecular flexibility index (Phi) is 2.18. The minimum atomic E-state index is -0.0489. The number of fused-ring (bicyclic) bond motifs is 1. The van der Waals surface area contributed by atoms with Crippen molar-refractivity contribution >= 4 is 15.9 Å². The van der Waals surface area contributed by atoms with Crippen LogP contribution in [0.3, 0.4) is 0 Å². The molecule has 0 atom stereocenters. The van der Waals surface area contributed by atoms with Crippen LogP contribution in [0, 0.1) is 5.82 Å². The summed E-state index contributed by atoms with van der Waals surface area (Å²) in [5.74, 6) is -0.0489. The molecule has 0 aliphatic heterocycles. The van der Waals surface area contributed by atoms with Crippen LogP contribution in [-0.4, -0.2) is 0 Å². The molecule has 1 aromatic carbocycles. The lowest BCUT2D eigenvalue weighted by Crippen LogP contribution is -2.05. The maximum atomic E-state index is 13.4. The smallest absolute Gasteiger partial charge is 0.140 e. The van der Waals surface area contributed by atoms with Crippen LogP contribution in [0.2, 0.25) is 0 Å². The van der Waals surface area contributed by atoms with Gasteiger partial charge >= 0.3 is 0 Å². The maximum Gasteiger partial charge on any atom is 0.140 e. The topological polar surface area (TPSA) is 0 Å². The third kappa shape index (κ3) is 1.28. The average molecular weight is 229 g/mol. The first-order valence-electron chi connectivity index (χ1n) is 4.25. The Hall–Kier alpha value is -0.370. The molecule has 0 heterocycles. The third-order valence-electron chi connectivity index (χ3n) is 2.42. The van der Waals surface area contributed by atoms with Crippen molar-refractivity contribution < 1.29 is 4.39 Å². The fourth-order valence-corrected chi connectivity index (χ4v) is 2.13. The van der Waals surface area contributed by atoms with Crippen LogP contribution < -0.4 is 0 Å². The molecule has 0 radical (unpaired) electrons. The summed E-state index contributed by atoms with van der Waals surface area (Å²) in [6, 6.07) is 3.83. The van der Waals surface area contributed by atoms with Gasteiger partial charge in [0.05, 0.1) is 4.47 Å². The molecule has 1 aromatic rings. The van der Waals surface area contributed by atoms with Gasteiger partial charge in [0.1, 0.15) is 5.82 Å². The van der Waals surface area contributed by atoms with Gasteiger partial charge in [0, 0.05) is 0 Å². The maximum absolute atomic E-state index is 13.4. The fraction of sp³-hybridized carbons (Fsp3) is 0.400. The molecule has 2 rings (SSSR count). The second-order valence-electron chi connectivity index (χ2n) is 3.21. The summed E-state index contributed by atoms with van der Waals surface area (Å²) in [5, 5.41) is 0. The number of halogens is 2. The minimum absolute atomic E-state index is 0.0489. The highest BCUT2D eigenvalue weighted by Gasteiger charge is 2.14. The standard InChI is InChI=1S/C10H10BrF/c11-9-6-5-7-3-1-2-4-8(7)10(9)12/h5-6H,1-4H2. The molecule has 1 aliphatic carbocycles. The van der Waals surface area contributed by atoms with Gasteiger partial charge in [0.25, 0.3) is 0 Å². The van der Waals surface area contributed by atoms with E-state index in [1.807, 2.05) is 6.07 Å². The first-order chi connectivity index (χ1) is 5.79. The van der Waals surface area contributed by atoms with Crippen molar-refractivity contribution in [1.82, 2.24) is 0 Å². The van der Waals surface area contributed by atoms with Gasteiger partial charge < -0.3 is 0 Å². The molecular formula is C10H10BrF. The van der Waals surface area contributed by atoms with E-state index in [4.69, 9.17) is 0 Å². The van der Waals surface area contributed by atoms with E-state index in [9.17, 15) is 4.39 Å². The summed E-state index contributed by atoms with van der Waals surface area (Å²) in [4.78, 5) is 0. The van der Waals surface area contributed by atoms with Crippen molar-refractivity contribution in [3.05, 3.63) is 33.5 Å². The van der Waals surface area contributed by atoms with Crippen LogP contribution in [0.1, 0.15) is 24.0 Å². The highest BCUT2D eigenvalue weighted by Crippen LogP contribution is 2.28.